The highest BCUT2D eigenvalue weighted by atomic mass is 16.5. The van der Waals surface area contributed by atoms with Gasteiger partial charge in [0.05, 0.1) is 22.7 Å². The van der Waals surface area contributed by atoms with Crippen molar-refractivity contribution < 1.29 is 4.74 Å². The summed E-state index contributed by atoms with van der Waals surface area (Å²) in [5, 5.41) is 3.99. The number of anilines is 8. The first kappa shape index (κ1) is 28.5. The van der Waals surface area contributed by atoms with Gasteiger partial charge in [-0.2, -0.15) is 0 Å². The minimum absolute atomic E-state index is 0.579. The van der Waals surface area contributed by atoms with Gasteiger partial charge >= 0.3 is 0 Å². The van der Waals surface area contributed by atoms with Crippen molar-refractivity contribution in [3.63, 3.8) is 0 Å². The number of hydrogen-bond acceptors (Lipinski definition) is 5. The van der Waals surface area contributed by atoms with Crippen LogP contribution in [0.1, 0.15) is 0 Å². The Hall–Kier alpha value is -6.72. The molecule has 9 rings (SSSR count). The fraction of sp³-hybridized carbons (Fsp3) is 0. The smallest absolute Gasteiger partial charge is 0.153 e. The molecule has 5 heteroatoms. The zero-order valence-corrected chi connectivity index (χ0v) is 26.6. The first-order valence-corrected chi connectivity index (χ1v) is 16.4. The van der Waals surface area contributed by atoms with Gasteiger partial charge in [-0.25, -0.2) is 0 Å². The molecule has 49 heavy (non-hydrogen) atoms. The fourth-order valence-corrected chi connectivity index (χ4v) is 7.00. The molecule has 1 aliphatic heterocycles. The number of benzene rings is 8. The molecule has 0 atom stereocenters. The van der Waals surface area contributed by atoms with E-state index in [0.29, 0.717) is 11.4 Å². The van der Waals surface area contributed by atoms with Crippen LogP contribution in [-0.4, -0.2) is 0 Å². The summed E-state index contributed by atoms with van der Waals surface area (Å²) >= 11 is 0. The van der Waals surface area contributed by atoms with E-state index >= 15 is 0 Å². The lowest BCUT2D eigenvalue weighted by Gasteiger charge is -2.34. The molecule has 0 fully saturated rings. The normalized spacial score (nSPS) is 12.0. The van der Waals surface area contributed by atoms with E-state index in [1.54, 1.807) is 0 Å². The monoisotopic (exact) mass is 632 g/mol. The Morgan fingerprint density at radius 3 is 1.76 bits per heavy atom. The molecule has 0 spiro atoms. The Labute approximate surface area is 284 Å². The molecule has 5 nitrogen and oxygen atoms in total. The lowest BCUT2D eigenvalue weighted by molar-refractivity contribution is 0.477. The van der Waals surface area contributed by atoms with Crippen LogP contribution in [0.15, 0.2) is 170 Å². The molecule has 0 aliphatic carbocycles. The van der Waals surface area contributed by atoms with E-state index in [1.165, 1.54) is 0 Å². The molecule has 234 valence electrons. The van der Waals surface area contributed by atoms with Crippen molar-refractivity contribution in [2.45, 2.75) is 0 Å². The van der Waals surface area contributed by atoms with Gasteiger partial charge in [0.15, 0.2) is 11.5 Å². The number of rotatable bonds is 5. The molecule has 8 aromatic carbocycles. The third-order valence-corrected chi connectivity index (χ3v) is 9.35. The molecular weight excluding hydrogens is 601 g/mol. The van der Waals surface area contributed by atoms with Gasteiger partial charge < -0.3 is 26.0 Å². The summed E-state index contributed by atoms with van der Waals surface area (Å²) in [6.45, 7) is 0. The van der Waals surface area contributed by atoms with E-state index in [-0.39, 0.29) is 0 Å². The average molecular weight is 633 g/mol. The molecule has 0 radical (unpaired) electrons. The second-order valence-corrected chi connectivity index (χ2v) is 12.2. The van der Waals surface area contributed by atoms with Gasteiger partial charge in [-0.15, -0.1) is 0 Å². The van der Waals surface area contributed by atoms with Crippen LogP contribution in [0.4, 0.5) is 45.5 Å². The predicted molar refractivity (Wildman–Crippen MR) is 205 cm³/mol. The van der Waals surface area contributed by atoms with E-state index in [4.69, 9.17) is 16.2 Å². The summed E-state index contributed by atoms with van der Waals surface area (Å²) < 4.78 is 6.62. The number of nitrogen functional groups attached to an aromatic ring is 2. The summed E-state index contributed by atoms with van der Waals surface area (Å²) in [5.74, 6) is 1.53. The second kappa shape index (κ2) is 11.5. The fourth-order valence-electron chi connectivity index (χ4n) is 7.00. The van der Waals surface area contributed by atoms with Crippen LogP contribution in [0, 0.1) is 0 Å². The van der Waals surface area contributed by atoms with Crippen LogP contribution in [0.25, 0.3) is 32.7 Å². The quantitative estimate of drug-likeness (QED) is 0.112. The van der Waals surface area contributed by atoms with Gasteiger partial charge in [0.2, 0.25) is 0 Å². The largest absolute Gasteiger partial charge is 0.453 e. The average Bonchev–Trinajstić information content (AvgIpc) is 3.17. The molecule has 0 amide bonds. The number of ether oxygens (including phenoxy) is 1. The van der Waals surface area contributed by atoms with Crippen molar-refractivity contribution in [3.05, 3.63) is 170 Å². The SMILES string of the molecule is Nc1c(N)c2ccc(-c3ccccc3)cc2c2ccc(N3c4ccccc4Oc4cc(N(c5ccccc5)c5ccccc5)ccc43)cc12. The van der Waals surface area contributed by atoms with Crippen molar-refractivity contribution in [2.24, 2.45) is 0 Å². The molecule has 0 unspecified atom stereocenters. The Bertz CT molecular complexity index is 2460. The maximum absolute atomic E-state index is 6.81. The van der Waals surface area contributed by atoms with Crippen LogP contribution in [0.5, 0.6) is 11.5 Å². The molecule has 0 aromatic heterocycles. The number of hydrogen-bond donors (Lipinski definition) is 2. The Morgan fingerprint density at radius 2 is 1.02 bits per heavy atom. The Balaban J connectivity index is 1.21. The molecule has 4 N–H and O–H groups in total. The molecule has 1 aliphatic rings. The first-order valence-electron chi connectivity index (χ1n) is 16.4. The van der Waals surface area contributed by atoms with E-state index in [2.05, 4.69) is 143 Å². The van der Waals surface area contributed by atoms with Crippen LogP contribution >= 0.6 is 0 Å². The number of nitrogens with two attached hydrogens (primary N) is 2. The minimum atomic E-state index is 0.579. The standard InChI is InChI=1S/C44H32N4O/c45-43-36-23-20-30(29-12-4-1-5-13-29)26-37(36)35-24-21-33(27-38(35)44(43)46)48-39-18-10-11-19-41(39)49-42-28-34(22-25-40(42)48)47(31-14-6-2-7-15-31)32-16-8-3-9-17-32/h1-28H,45-46H2. The number of para-hydroxylation sites is 4. The highest BCUT2D eigenvalue weighted by molar-refractivity contribution is 6.20. The number of fused-ring (bicyclic) bond motifs is 5. The summed E-state index contributed by atoms with van der Waals surface area (Å²) in [5.41, 5.74) is 23.0. The van der Waals surface area contributed by atoms with Crippen LogP contribution in [-0.2, 0) is 0 Å². The highest BCUT2D eigenvalue weighted by Crippen LogP contribution is 2.53. The minimum Gasteiger partial charge on any atom is -0.453 e. The van der Waals surface area contributed by atoms with Crippen molar-refractivity contribution in [1.29, 1.82) is 0 Å². The summed E-state index contributed by atoms with van der Waals surface area (Å²) in [4.78, 5) is 4.48. The van der Waals surface area contributed by atoms with Crippen LogP contribution < -0.4 is 26.0 Å². The van der Waals surface area contributed by atoms with Crippen molar-refractivity contribution >= 4 is 67.0 Å². The summed E-state index contributed by atoms with van der Waals surface area (Å²) in [7, 11) is 0. The molecule has 0 saturated carbocycles. The Kier molecular flexibility index (Phi) is 6.69. The maximum atomic E-state index is 6.81. The van der Waals surface area contributed by atoms with Crippen LogP contribution in [0.2, 0.25) is 0 Å². The molecular formula is C44H32N4O. The van der Waals surface area contributed by atoms with Gasteiger partial charge in [0, 0.05) is 39.6 Å². The Morgan fingerprint density at radius 1 is 0.408 bits per heavy atom. The zero-order valence-electron chi connectivity index (χ0n) is 26.6. The van der Waals surface area contributed by atoms with Crippen molar-refractivity contribution in [1.82, 2.24) is 0 Å². The second-order valence-electron chi connectivity index (χ2n) is 12.2. The van der Waals surface area contributed by atoms with E-state index in [0.717, 1.165) is 78.3 Å². The zero-order chi connectivity index (χ0) is 32.9. The highest BCUT2D eigenvalue weighted by Gasteiger charge is 2.27. The number of nitrogens with zero attached hydrogens (tertiary/aromatic N) is 2. The third-order valence-electron chi connectivity index (χ3n) is 9.35. The third kappa shape index (κ3) is 4.79. The summed E-state index contributed by atoms with van der Waals surface area (Å²) in [6, 6.07) is 58.6. The van der Waals surface area contributed by atoms with Crippen molar-refractivity contribution in [3.8, 4) is 22.6 Å². The lowest BCUT2D eigenvalue weighted by atomic mass is 9.94. The van der Waals surface area contributed by atoms with E-state index < -0.39 is 0 Å². The molecule has 1 heterocycles. The summed E-state index contributed by atoms with van der Waals surface area (Å²) in [6.07, 6.45) is 0. The lowest BCUT2D eigenvalue weighted by Crippen LogP contribution is -2.17. The first-order chi connectivity index (χ1) is 24.1. The topological polar surface area (TPSA) is 67.8 Å². The van der Waals surface area contributed by atoms with Gasteiger partial charge in [-0.05, 0) is 88.6 Å². The molecule has 8 aromatic rings. The van der Waals surface area contributed by atoms with Gasteiger partial charge in [-0.3, -0.25) is 0 Å². The maximum Gasteiger partial charge on any atom is 0.153 e. The van der Waals surface area contributed by atoms with Crippen LogP contribution in [0.3, 0.4) is 0 Å². The van der Waals surface area contributed by atoms with E-state index in [9.17, 15) is 0 Å². The van der Waals surface area contributed by atoms with Crippen molar-refractivity contribution in [2.75, 3.05) is 21.3 Å². The molecule has 0 saturated heterocycles. The van der Waals surface area contributed by atoms with Gasteiger partial charge in [-0.1, -0.05) is 97.1 Å². The van der Waals surface area contributed by atoms with E-state index in [1.807, 2.05) is 36.4 Å². The van der Waals surface area contributed by atoms with Gasteiger partial charge in [0.1, 0.15) is 0 Å². The van der Waals surface area contributed by atoms with Gasteiger partial charge in [0.25, 0.3) is 0 Å². The molecule has 0 bridgehead atoms. The predicted octanol–water partition coefficient (Wildman–Crippen LogP) is 11.9.